The average Bonchev–Trinajstić information content (AvgIpc) is 1.41. The summed E-state index contributed by atoms with van der Waals surface area (Å²) in [6, 6.07) is 56.9. The quantitative estimate of drug-likeness (QED) is 0.0126. The predicted octanol–water partition coefficient (Wildman–Crippen LogP) is 13.4. The van der Waals surface area contributed by atoms with Crippen molar-refractivity contribution in [3.8, 4) is 11.5 Å². The van der Waals surface area contributed by atoms with Crippen LogP contribution in [0.5, 0.6) is 11.5 Å². The third-order valence-corrected chi connectivity index (χ3v) is 27.4. The number of aryl methyl sites for hydroxylation is 1. The number of ether oxygens (including phenoxy) is 9. The van der Waals surface area contributed by atoms with E-state index >= 15 is 0 Å². The molecule has 3 aliphatic heterocycles. The van der Waals surface area contributed by atoms with Crippen LogP contribution < -0.4 is 20.1 Å². The normalized spacial score (nSPS) is 21.5. The molecule has 0 aliphatic carbocycles. The molecule has 12 aromatic rings. The van der Waals surface area contributed by atoms with Crippen LogP contribution in [0.15, 0.2) is 208 Å². The highest BCUT2D eigenvalue weighted by atomic mass is 32.2. The number of anilines is 2. The second-order valence-electron chi connectivity index (χ2n) is 30.2. The molecule has 616 valence electrons. The van der Waals surface area contributed by atoms with E-state index in [1.165, 1.54) is 25.9 Å². The number of hydrogen-bond acceptors (Lipinski definition) is 27. The van der Waals surface area contributed by atoms with Crippen molar-refractivity contribution >= 4 is 82.9 Å². The van der Waals surface area contributed by atoms with Crippen molar-refractivity contribution in [2.75, 3.05) is 69.2 Å². The third kappa shape index (κ3) is 17.8. The van der Waals surface area contributed by atoms with Gasteiger partial charge in [0.15, 0.2) is 67.2 Å². The van der Waals surface area contributed by atoms with Crippen molar-refractivity contribution in [2.24, 2.45) is 5.92 Å². The minimum absolute atomic E-state index is 0.0284. The van der Waals surface area contributed by atoms with Crippen molar-refractivity contribution in [3.05, 3.63) is 247 Å². The Balaban J connectivity index is 0.000000163. The lowest BCUT2D eigenvalue weighted by Crippen LogP contribution is -2.45. The number of imidazole rings is 3. The summed E-state index contributed by atoms with van der Waals surface area (Å²) in [5.41, 5.74) is 8.57. The molecule has 6 aromatic carbocycles. The summed E-state index contributed by atoms with van der Waals surface area (Å²) in [6.45, 7) is 18.0. The molecular weight excluding hydrogens is 1550 g/mol. The molecule has 0 spiro atoms. The molecule has 0 amide bonds. The molecule has 0 bridgehead atoms. The smallest absolute Gasteiger partial charge is 0.304 e. The number of carbonyl (C=O) groups is 1. The Morgan fingerprint density at radius 1 is 0.513 bits per heavy atom. The molecule has 6 unspecified atom stereocenters. The van der Waals surface area contributed by atoms with Crippen LogP contribution in [0, 0.1) is 12.8 Å². The van der Waals surface area contributed by atoms with Gasteiger partial charge in [0.25, 0.3) is 0 Å². The number of fused-ring (bicyclic) bond motifs is 3. The number of nitrogens with one attached hydrogen (secondary N) is 2. The third-order valence-electron chi connectivity index (χ3n) is 22.1. The molecule has 28 nitrogen and oxygen atoms in total. The number of hydrogen-bond donors (Lipinski definition) is 5. The molecule has 6 aromatic heterocycles. The standard InChI is InChI=1S/C38H47N5O5SSi.C34H35N5O6.C14H20N4O3S/c1-37(2,3)50(6,7)47-22-30-33(46-25-49-5)32(44)36(48-30)43-24-41-31-34(39-23-40-35(31)43)42-38(26-14-10-8-11-15-26,27-16-12-9-13-17-27)28-18-20-29(45-4)21-19-28;1-22-30(44-21-43-23(2)41)28(18-40)45-33(22)39-20-37-29-31(35-19-36-32(29)39)38-34(24-10-6-4-7-11-24,25-12-8-5-9-13-25)26-14-16-27(42-3)17-15-26;1-4-9-12(20-7-22-3)11(19)14(21-9)18-6-17-10-8(2)15-5-16-13(10)18/h8-21,23-24,30,32-33,36,44H,22,25H2,1-7H3,(H,39,40,42);4-17,19-20,22,28,30,33,40H,18,21H2,1-3H3,(H,35,36,38);5-6,9,11-12,14,19H,4,7H2,1-3H3/t30-,32?,33?,36-;22?,28-,30?,33-;9-,11?,12?,14-/m111/s1. The molecular formula is C86H102N14O14S2Si. The van der Waals surface area contributed by atoms with Crippen LogP contribution in [0.1, 0.15) is 106 Å². The predicted molar refractivity (Wildman–Crippen MR) is 451 cm³/mol. The van der Waals surface area contributed by atoms with E-state index in [0.717, 1.165) is 62.5 Å². The molecule has 5 N–H and O–H groups in total. The van der Waals surface area contributed by atoms with Crippen molar-refractivity contribution in [1.82, 2.24) is 58.6 Å². The van der Waals surface area contributed by atoms with Gasteiger partial charge in [-0.05, 0) is 102 Å². The van der Waals surface area contributed by atoms with Gasteiger partial charge in [-0.2, -0.15) is 0 Å². The van der Waals surface area contributed by atoms with Crippen molar-refractivity contribution in [2.45, 2.75) is 152 Å². The molecule has 31 heteroatoms. The Bertz CT molecular complexity index is 5120. The molecule has 15 rings (SSSR count). The van der Waals surface area contributed by atoms with Crippen molar-refractivity contribution in [3.63, 3.8) is 0 Å². The van der Waals surface area contributed by atoms with Crippen LogP contribution in [0.4, 0.5) is 11.6 Å². The van der Waals surface area contributed by atoms with E-state index in [4.69, 9.17) is 62.0 Å². The Morgan fingerprint density at radius 3 is 1.30 bits per heavy atom. The summed E-state index contributed by atoms with van der Waals surface area (Å²) >= 11 is 3.13. The number of methoxy groups -OCH3 is 2. The van der Waals surface area contributed by atoms with Gasteiger partial charge in [0, 0.05) is 12.8 Å². The van der Waals surface area contributed by atoms with Gasteiger partial charge in [-0.15, -0.1) is 23.5 Å². The number of aromatic nitrogens is 12. The second-order valence-corrected chi connectivity index (χ2v) is 36.6. The number of aliphatic hydroxyl groups is 3. The first-order valence-electron chi connectivity index (χ1n) is 38.7. The van der Waals surface area contributed by atoms with Crippen LogP contribution in [-0.4, -0.2) is 196 Å². The minimum atomic E-state index is -2.08. The van der Waals surface area contributed by atoms with Gasteiger partial charge in [0.2, 0.25) is 0 Å². The maximum absolute atomic E-state index is 11.7. The van der Waals surface area contributed by atoms with E-state index < -0.39 is 80.7 Å². The second kappa shape index (κ2) is 37.8. The zero-order valence-electron chi connectivity index (χ0n) is 67.8. The van der Waals surface area contributed by atoms with E-state index in [-0.39, 0.29) is 36.6 Å². The molecule has 3 fully saturated rings. The highest BCUT2D eigenvalue weighted by Gasteiger charge is 2.50. The van der Waals surface area contributed by atoms with Gasteiger partial charge in [-0.3, -0.25) is 18.5 Å². The van der Waals surface area contributed by atoms with Crippen LogP contribution in [0.25, 0.3) is 33.5 Å². The summed E-state index contributed by atoms with van der Waals surface area (Å²) in [6.07, 6.45) is 7.82. The van der Waals surface area contributed by atoms with Gasteiger partial charge >= 0.3 is 5.97 Å². The van der Waals surface area contributed by atoms with Crippen LogP contribution in [-0.2, 0) is 53.5 Å². The summed E-state index contributed by atoms with van der Waals surface area (Å²) in [5.74, 6) is 2.82. The number of nitrogens with zero attached hydrogens (tertiary/aromatic N) is 12. The van der Waals surface area contributed by atoms with Gasteiger partial charge in [-0.1, -0.05) is 180 Å². The first-order chi connectivity index (χ1) is 56.6. The molecule has 3 saturated heterocycles. The molecule has 0 radical (unpaired) electrons. The first kappa shape index (κ1) is 85.1. The fourth-order valence-corrected chi connectivity index (χ4v) is 16.6. The Labute approximate surface area is 689 Å². The minimum Gasteiger partial charge on any atom is -0.497 e. The number of esters is 1. The van der Waals surface area contributed by atoms with Gasteiger partial charge in [0.05, 0.1) is 76.2 Å². The monoisotopic (exact) mass is 1650 g/mol. The lowest BCUT2D eigenvalue weighted by Gasteiger charge is -2.37. The van der Waals surface area contributed by atoms with Crippen LogP contribution in [0.2, 0.25) is 18.1 Å². The number of aliphatic hydroxyl groups excluding tert-OH is 3. The largest absolute Gasteiger partial charge is 0.497 e. The van der Waals surface area contributed by atoms with Crippen LogP contribution in [0.3, 0.4) is 0 Å². The fraction of sp³-hybridized carbons (Fsp3) is 0.395. The first-order valence-corrected chi connectivity index (χ1v) is 44.4. The van der Waals surface area contributed by atoms with Gasteiger partial charge in [0.1, 0.15) is 89.9 Å². The number of rotatable bonds is 29. The number of thioether (sulfide) groups is 2. The van der Waals surface area contributed by atoms with Crippen molar-refractivity contribution in [1.29, 1.82) is 0 Å². The van der Waals surface area contributed by atoms with Crippen molar-refractivity contribution < 1.29 is 67.2 Å². The topological polar surface area (TPSA) is 325 Å². The lowest BCUT2D eigenvalue weighted by molar-refractivity contribution is -0.163. The molecule has 12 atom stereocenters. The molecule has 117 heavy (non-hydrogen) atoms. The Hall–Kier alpha value is -9.84. The summed E-state index contributed by atoms with van der Waals surface area (Å²) in [7, 11) is 1.22. The van der Waals surface area contributed by atoms with E-state index in [1.54, 1.807) is 65.9 Å². The zero-order valence-corrected chi connectivity index (χ0v) is 70.4. The van der Waals surface area contributed by atoms with Crippen LogP contribution >= 0.6 is 23.5 Å². The van der Waals surface area contributed by atoms with E-state index in [9.17, 15) is 20.1 Å². The lowest BCUT2D eigenvalue weighted by atomic mass is 9.77. The SMILES string of the molecule is CC[C@H]1O[C@@H](n2cnc3c(C)ncnc32)C(O)C1OCSC.COc1ccc(C(Nc2ncnc3c2ncn3[C@@H]2O[C@H](CO)C(OCOC(C)=O)C2C)(c2ccccc2)c2ccccc2)cc1.COc1ccc(C(Nc2ncnc3c2ncn3[C@@H]2O[C@H](CO[Si](C)(C)C(C)(C)C)C(OCSC)C2O)(c2ccccc2)c2ccccc2)cc1. The fourth-order valence-electron chi connectivity index (χ4n) is 15.0. The van der Waals surface area contributed by atoms with Gasteiger partial charge in [-0.25, -0.2) is 44.9 Å². The zero-order chi connectivity index (χ0) is 82.6. The summed E-state index contributed by atoms with van der Waals surface area (Å²) in [4.78, 5) is 52.2. The van der Waals surface area contributed by atoms with E-state index in [2.05, 4.69) is 135 Å². The van der Waals surface area contributed by atoms with E-state index in [0.29, 0.717) is 58.1 Å². The Morgan fingerprint density at radius 2 is 0.897 bits per heavy atom. The molecule has 3 aliphatic rings. The maximum Gasteiger partial charge on any atom is 0.304 e. The van der Waals surface area contributed by atoms with E-state index in [1.807, 2.05) is 147 Å². The highest BCUT2D eigenvalue weighted by molar-refractivity contribution is 7.98. The number of benzene rings is 6. The maximum atomic E-state index is 11.7. The average molecular weight is 1650 g/mol. The summed E-state index contributed by atoms with van der Waals surface area (Å²) in [5, 5.41) is 40.0. The number of carbonyl (C=O) groups excluding carboxylic acids is 1. The Kier molecular flexibility index (Phi) is 27.5. The molecule has 0 saturated carbocycles. The molecule has 9 heterocycles. The highest BCUT2D eigenvalue weighted by Crippen LogP contribution is 2.47. The summed E-state index contributed by atoms with van der Waals surface area (Å²) < 4.78 is 64.4. The van der Waals surface area contributed by atoms with Gasteiger partial charge < -0.3 is 73.0 Å².